The van der Waals surface area contributed by atoms with Gasteiger partial charge < -0.3 is 4.90 Å². The molecular formula is C55H45N. The van der Waals surface area contributed by atoms with Crippen LogP contribution in [0.5, 0.6) is 0 Å². The lowest BCUT2D eigenvalue weighted by Gasteiger charge is -2.42. The molecule has 0 fully saturated rings. The Hall–Kier alpha value is -6.18. The van der Waals surface area contributed by atoms with Gasteiger partial charge in [0.05, 0.1) is 11.5 Å². The maximum atomic E-state index is 2.67. The lowest BCUT2D eigenvalue weighted by atomic mass is 9.65. The second kappa shape index (κ2) is 13.5. The number of anilines is 2. The van der Waals surface area contributed by atoms with Crippen LogP contribution in [0.25, 0.3) is 27.8 Å². The highest BCUT2D eigenvalue weighted by molar-refractivity contribution is 5.93. The summed E-state index contributed by atoms with van der Waals surface area (Å²) in [6, 6.07) is 46.1. The standard InChI is InChI=1S/C55H45N/c1-4-16-38(17-5-1)40-28-31-43(32-29-40)56(54-35-30-42(39-18-6-2-7-19-39)36-49(54)41-20-8-3-9-21-41)44-33-34-48-47-24-12-15-27-52(47)55(53(48)37-44)50-25-13-10-22-45(50)46-23-11-14-26-51(46)55/h1-18,20,22-26,28-37,39,41,49,52,54H,19,21,27H2. The minimum absolute atomic E-state index is 0.118. The van der Waals surface area contributed by atoms with Crippen LogP contribution >= 0.6 is 0 Å². The minimum atomic E-state index is -0.259. The molecule has 6 aliphatic rings. The highest BCUT2D eigenvalue weighted by Gasteiger charge is 2.56. The monoisotopic (exact) mass is 719 g/mol. The largest absolute Gasteiger partial charge is 0.334 e. The van der Waals surface area contributed by atoms with Gasteiger partial charge in [0.15, 0.2) is 0 Å². The zero-order chi connectivity index (χ0) is 37.1. The van der Waals surface area contributed by atoms with Gasteiger partial charge in [-0.05, 0) is 105 Å². The molecule has 5 atom stereocenters. The molecular weight excluding hydrogens is 675 g/mol. The normalized spacial score (nSPS) is 24.3. The Morgan fingerprint density at radius 1 is 0.518 bits per heavy atom. The van der Waals surface area contributed by atoms with Crippen molar-refractivity contribution in [3.8, 4) is 22.3 Å². The van der Waals surface area contributed by atoms with E-state index in [0.29, 0.717) is 17.8 Å². The third-order valence-electron chi connectivity index (χ3n) is 13.4. The quantitative estimate of drug-likeness (QED) is 0.169. The average Bonchev–Trinajstić information content (AvgIpc) is 3.75. The molecule has 1 heteroatoms. The van der Waals surface area contributed by atoms with Crippen LogP contribution in [0.2, 0.25) is 0 Å². The van der Waals surface area contributed by atoms with Crippen molar-refractivity contribution in [2.75, 3.05) is 4.90 Å². The summed E-state index contributed by atoms with van der Waals surface area (Å²) in [4.78, 5) is 2.67. The predicted octanol–water partition coefficient (Wildman–Crippen LogP) is 13.5. The van der Waals surface area contributed by atoms with Gasteiger partial charge in [-0.25, -0.2) is 0 Å². The molecule has 0 aromatic heterocycles. The second-order valence-corrected chi connectivity index (χ2v) is 16.2. The van der Waals surface area contributed by atoms with E-state index in [9.17, 15) is 0 Å². The summed E-state index contributed by atoms with van der Waals surface area (Å²) in [7, 11) is 0. The first kappa shape index (κ1) is 33.2. The average molecular weight is 720 g/mol. The Labute approximate surface area is 331 Å². The van der Waals surface area contributed by atoms with Crippen LogP contribution in [-0.4, -0.2) is 6.04 Å². The SMILES string of the molecule is C1=CCC(C2=CC(C3C=CC=CC3)C(N(c3ccc(-c4ccccc4)cc3)c3ccc4c(c3)C3(c5ccccc5-c5ccccc53)C3CC=CC=C43)C=C2)C=C1. The van der Waals surface area contributed by atoms with Gasteiger partial charge >= 0.3 is 0 Å². The van der Waals surface area contributed by atoms with E-state index in [-0.39, 0.29) is 17.4 Å². The fourth-order valence-corrected chi connectivity index (χ4v) is 10.9. The van der Waals surface area contributed by atoms with Crippen molar-refractivity contribution in [3.63, 3.8) is 0 Å². The molecule has 0 heterocycles. The van der Waals surface area contributed by atoms with Gasteiger partial charge in [0.1, 0.15) is 0 Å². The van der Waals surface area contributed by atoms with Gasteiger partial charge in [-0.15, -0.1) is 0 Å². The Balaban J connectivity index is 1.11. The summed E-state index contributed by atoms with van der Waals surface area (Å²) in [5, 5.41) is 0. The zero-order valence-corrected chi connectivity index (χ0v) is 31.6. The van der Waals surface area contributed by atoms with Crippen molar-refractivity contribution >= 4 is 16.9 Å². The van der Waals surface area contributed by atoms with E-state index < -0.39 is 0 Å². The molecule has 5 aromatic carbocycles. The highest BCUT2D eigenvalue weighted by Crippen LogP contribution is 2.65. The van der Waals surface area contributed by atoms with Crippen LogP contribution in [0.1, 0.15) is 41.5 Å². The summed E-state index contributed by atoms with van der Waals surface area (Å²) in [6.45, 7) is 0. The van der Waals surface area contributed by atoms with Gasteiger partial charge in [0.2, 0.25) is 0 Å². The molecule has 0 radical (unpaired) electrons. The lowest BCUT2D eigenvalue weighted by molar-refractivity contribution is 0.424. The number of hydrogen-bond acceptors (Lipinski definition) is 1. The number of benzene rings is 5. The summed E-state index contributed by atoms with van der Waals surface area (Å²) < 4.78 is 0. The Kier molecular flexibility index (Phi) is 8.02. The molecule has 11 rings (SSSR count). The molecule has 270 valence electrons. The molecule has 56 heavy (non-hydrogen) atoms. The van der Waals surface area contributed by atoms with Crippen LogP contribution in [0.4, 0.5) is 11.4 Å². The van der Waals surface area contributed by atoms with Crippen molar-refractivity contribution in [1.29, 1.82) is 0 Å². The second-order valence-electron chi connectivity index (χ2n) is 16.2. The van der Waals surface area contributed by atoms with E-state index in [0.717, 1.165) is 19.3 Å². The van der Waals surface area contributed by atoms with E-state index >= 15 is 0 Å². The van der Waals surface area contributed by atoms with Crippen LogP contribution < -0.4 is 4.90 Å². The molecule has 5 aromatic rings. The number of allylic oxidation sites excluding steroid dienone is 14. The van der Waals surface area contributed by atoms with Crippen LogP contribution in [0.15, 0.2) is 212 Å². The van der Waals surface area contributed by atoms with Crippen molar-refractivity contribution < 1.29 is 0 Å². The summed E-state index contributed by atoms with van der Waals surface area (Å²) in [5.41, 5.74) is 16.1. The molecule has 0 saturated heterocycles. The molecule has 0 bridgehead atoms. The topological polar surface area (TPSA) is 3.24 Å². The number of nitrogens with zero attached hydrogens (tertiary/aromatic N) is 1. The smallest absolute Gasteiger partial charge is 0.0594 e. The fourth-order valence-electron chi connectivity index (χ4n) is 10.9. The number of hydrogen-bond donors (Lipinski definition) is 0. The predicted molar refractivity (Wildman–Crippen MR) is 235 cm³/mol. The van der Waals surface area contributed by atoms with Crippen molar-refractivity contribution in [2.24, 2.45) is 23.7 Å². The molecule has 1 spiro atoms. The van der Waals surface area contributed by atoms with Gasteiger partial charge in [-0.2, -0.15) is 0 Å². The summed E-state index contributed by atoms with van der Waals surface area (Å²) in [6.07, 6.45) is 36.1. The molecule has 6 aliphatic carbocycles. The van der Waals surface area contributed by atoms with Gasteiger partial charge in [-0.3, -0.25) is 0 Å². The van der Waals surface area contributed by atoms with E-state index in [1.807, 2.05) is 0 Å². The molecule has 0 aliphatic heterocycles. The van der Waals surface area contributed by atoms with E-state index in [1.54, 1.807) is 0 Å². The van der Waals surface area contributed by atoms with Crippen LogP contribution in [0, 0.1) is 23.7 Å². The first-order valence-corrected chi connectivity index (χ1v) is 20.5. The summed E-state index contributed by atoms with van der Waals surface area (Å²) in [5.74, 6) is 1.43. The van der Waals surface area contributed by atoms with E-state index in [1.165, 1.54) is 67.0 Å². The third kappa shape index (κ3) is 5.14. The highest BCUT2D eigenvalue weighted by atomic mass is 15.2. The first-order valence-electron chi connectivity index (χ1n) is 20.5. The van der Waals surface area contributed by atoms with Gasteiger partial charge in [0, 0.05) is 29.1 Å². The summed E-state index contributed by atoms with van der Waals surface area (Å²) >= 11 is 0. The molecule has 5 unspecified atom stereocenters. The van der Waals surface area contributed by atoms with Gasteiger partial charge in [0.25, 0.3) is 0 Å². The zero-order valence-electron chi connectivity index (χ0n) is 31.6. The maximum absolute atomic E-state index is 2.67. The molecule has 0 amide bonds. The van der Waals surface area contributed by atoms with Crippen molar-refractivity contribution in [2.45, 2.75) is 30.7 Å². The number of fused-ring (bicyclic) bond motifs is 10. The first-order chi connectivity index (χ1) is 27.8. The van der Waals surface area contributed by atoms with E-state index in [2.05, 4.69) is 211 Å². The molecule has 1 nitrogen and oxygen atoms in total. The fraction of sp³-hybridized carbons (Fsp3) is 0.164. The Morgan fingerprint density at radius 2 is 1.20 bits per heavy atom. The van der Waals surface area contributed by atoms with Crippen LogP contribution in [-0.2, 0) is 5.41 Å². The maximum Gasteiger partial charge on any atom is 0.0594 e. The third-order valence-corrected chi connectivity index (χ3v) is 13.4. The van der Waals surface area contributed by atoms with E-state index in [4.69, 9.17) is 0 Å². The molecule has 0 saturated carbocycles. The van der Waals surface area contributed by atoms with Crippen LogP contribution in [0.3, 0.4) is 0 Å². The number of rotatable bonds is 6. The van der Waals surface area contributed by atoms with Crippen molar-refractivity contribution in [3.05, 3.63) is 234 Å². The lowest BCUT2D eigenvalue weighted by Crippen LogP contribution is -2.40. The Morgan fingerprint density at radius 3 is 1.93 bits per heavy atom. The molecule has 0 N–H and O–H groups in total. The Bertz CT molecular complexity index is 2540. The van der Waals surface area contributed by atoms with Gasteiger partial charge in [-0.1, -0.05) is 182 Å². The minimum Gasteiger partial charge on any atom is -0.334 e. The van der Waals surface area contributed by atoms with Crippen molar-refractivity contribution in [1.82, 2.24) is 0 Å².